The Morgan fingerprint density at radius 2 is 1.92 bits per heavy atom. The van der Waals surface area contributed by atoms with Gasteiger partial charge in [-0.05, 0) is 48.9 Å². The van der Waals surface area contributed by atoms with Crippen LogP contribution >= 0.6 is 11.6 Å². The van der Waals surface area contributed by atoms with E-state index in [1.165, 1.54) is 50.8 Å². The first kappa shape index (κ1) is 28.9. The number of nitrogens with zero attached hydrogens (tertiary/aromatic N) is 3. The average Bonchev–Trinajstić information content (AvgIpc) is 3.27. The van der Waals surface area contributed by atoms with Crippen LogP contribution in [0, 0.1) is 17.7 Å². The van der Waals surface area contributed by atoms with Gasteiger partial charge in [0.1, 0.15) is 18.0 Å². The van der Waals surface area contributed by atoms with Crippen molar-refractivity contribution in [3.05, 3.63) is 47.5 Å². The minimum Gasteiger partial charge on any atom is -0.493 e. The van der Waals surface area contributed by atoms with E-state index in [1.807, 2.05) is 26.0 Å². The molecule has 1 aliphatic rings. The first-order valence-corrected chi connectivity index (χ1v) is 13.8. The molecule has 1 saturated heterocycles. The summed E-state index contributed by atoms with van der Waals surface area (Å²) in [4.78, 5) is 11.3. The number of nitrogens with one attached hydrogen (secondary N) is 1. The smallest absolute Gasteiger partial charge is 0.162 e. The Morgan fingerprint density at radius 3 is 2.65 bits per heavy atom. The maximum atomic E-state index is 13.5. The van der Waals surface area contributed by atoms with E-state index >= 15 is 0 Å². The molecular formula is C29H40ClFN4O2. The Labute approximate surface area is 225 Å². The predicted octanol–water partition coefficient (Wildman–Crippen LogP) is 7.73. The molecule has 1 aromatic heterocycles. The molecule has 37 heavy (non-hydrogen) atoms. The number of methoxy groups -OCH3 is 1. The fourth-order valence-electron chi connectivity index (χ4n) is 4.78. The fourth-order valence-corrected chi connectivity index (χ4v) is 4.96. The van der Waals surface area contributed by atoms with Gasteiger partial charge in [-0.1, -0.05) is 52.1 Å². The Kier molecular flexibility index (Phi) is 11.2. The van der Waals surface area contributed by atoms with Crippen molar-refractivity contribution in [2.75, 3.05) is 38.7 Å². The predicted molar refractivity (Wildman–Crippen MR) is 151 cm³/mol. The molecule has 3 aromatic rings. The van der Waals surface area contributed by atoms with Gasteiger partial charge in [-0.3, -0.25) is 0 Å². The summed E-state index contributed by atoms with van der Waals surface area (Å²) in [6, 6.07) is 8.19. The molecule has 0 aliphatic carbocycles. The normalized spacial score (nSPS) is 17.4. The number of rotatable bonds is 11. The molecule has 2 atom stereocenters. The topological polar surface area (TPSA) is 59.5 Å². The van der Waals surface area contributed by atoms with Crippen LogP contribution in [0.5, 0.6) is 11.5 Å². The number of aromatic nitrogens is 2. The lowest BCUT2D eigenvalue weighted by atomic mass is 9.93. The second kappa shape index (κ2) is 14.3. The van der Waals surface area contributed by atoms with Gasteiger partial charge in [-0.15, -0.1) is 0 Å². The van der Waals surface area contributed by atoms with E-state index in [1.54, 1.807) is 13.2 Å². The van der Waals surface area contributed by atoms with Gasteiger partial charge in [0.05, 0.1) is 24.3 Å². The van der Waals surface area contributed by atoms with Gasteiger partial charge in [-0.25, -0.2) is 14.4 Å². The van der Waals surface area contributed by atoms with Crippen LogP contribution < -0.4 is 14.8 Å². The summed E-state index contributed by atoms with van der Waals surface area (Å²) >= 11 is 5.93. The van der Waals surface area contributed by atoms with Crippen LogP contribution in [0.1, 0.15) is 53.4 Å². The molecule has 1 fully saturated rings. The molecule has 2 unspecified atom stereocenters. The summed E-state index contributed by atoms with van der Waals surface area (Å²) in [5.41, 5.74) is 1.34. The summed E-state index contributed by atoms with van der Waals surface area (Å²) < 4.78 is 25.3. The molecule has 4 rings (SSSR count). The Balaban J connectivity index is 0.00000186. The van der Waals surface area contributed by atoms with E-state index in [0.717, 1.165) is 30.2 Å². The molecule has 0 saturated carbocycles. The van der Waals surface area contributed by atoms with Gasteiger partial charge in [-0.2, -0.15) is 0 Å². The molecule has 202 valence electrons. The highest BCUT2D eigenvalue weighted by Crippen LogP contribution is 2.35. The zero-order valence-electron chi connectivity index (χ0n) is 22.7. The summed E-state index contributed by atoms with van der Waals surface area (Å²) in [5, 5.41) is 4.02. The van der Waals surface area contributed by atoms with E-state index in [0.29, 0.717) is 35.1 Å². The molecule has 1 N–H and O–H groups in total. The molecule has 2 heterocycles. The van der Waals surface area contributed by atoms with Crippen LogP contribution in [0.2, 0.25) is 5.02 Å². The zero-order chi connectivity index (χ0) is 26.8. The van der Waals surface area contributed by atoms with Crippen LogP contribution in [0.4, 0.5) is 15.9 Å². The second-order valence-electron chi connectivity index (χ2n) is 9.34. The van der Waals surface area contributed by atoms with Crippen molar-refractivity contribution in [1.82, 2.24) is 14.9 Å². The molecule has 0 spiro atoms. The van der Waals surface area contributed by atoms with Crippen molar-refractivity contribution in [3.8, 4) is 11.5 Å². The van der Waals surface area contributed by atoms with Crippen LogP contribution in [-0.4, -0.2) is 48.2 Å². The third-order valence-electron chi connectivity index (χ3n) is 6.75. The zero-order valence-corrected chi connectivity index (χ0v) is 23.4. The molecular weight excluding hydrogens is 491 g/mol. The quantitative estimate of drug-likeness (QED) is 0.256. The van der Waals surface area contributed by atoms with E-state index in [2.05, 4.69) is 34.0 Å². The third kappa shape index (κ3) is 7.68. The van der Waals surface area contributed by atoms with E-state index < -0.39 is 5.82 Å². The highest BCUT2D eigenvalue weighted by Gasteiger charge is 2.28. The second-order valence-corrected chi connectivity index (χ2v) is 9.74. The first-order valence-electron chi connectivity index (χ1n) is 13.4. The Hall–Kier alpha value is -2.64. The van der Waals surface area contributed by atoms with Gasteiger partial charge in [0.15, 0.2) is 11.5 Å². The standard InChI is InChI=1S/C27H34ClFN4O2.C2H6/c1-4-5-7-19-16-33(15-18(19)2)10-6-11-35-26-13-21-24(14-25(26)34-3)30-17-31-27(21)32-20-8-9-23(29)22(28)12-20;1-2/h8-9,12-14,17-19H,4-7,10-11,15-16H2,1-3H3,(H,30,31,32);1-2H3. The number of hydrogen-bond donors (Lipinski definition) is 1. The monoisotopic (exact) mass is 530 g/mol. The highest BCUT2D eigenvalue weighted by molar-refractivity contribution is 6.31. The number of anilines is 2. The van der Waals surface area contributed by atoms with Crippen molar-refractivity contribution in [2.24, 2.45) is 11.8 Å². The molecule has 6 nitrogen and oxygen atoms in total. The molecule has 0 amide bonds. The van der Waals surface area contributed by atoms with Gasteiger partial charge in [0, 0.05) is 36.8 Å². The van der Waals surface area contributed by atoms with Crippen LogP contribution in [0.15, 0.2) is 36.7 Å². The SMILES string of the molecule is CC.CCCCC1CN(CCCOc2cc3c(Nc4ccc(F)c(Cl)c4)ncnc3cc2OC)CC1C. The summed E-state index contributed by atoms with van der Waals surface area (Å²) in [6.45, 7) is 12.6. The van der Waals surface area contributed by atoms with E-state index in [9.17, 15) is 4.39 Å². The summed E-state index contributed by atoms with van der Waals surface area (Å²) in [6.07, 6.45) is 6.34. The Morgan fingerprint density at radius 1 is 1.11 bits per heavy atom. The van der Waals surface area contributed by atoms with Crippen molar-refractivity contribution >= 4 is 34.0 Å². The fraction of sp³-hybridized carbons (Fsp3) is 0.517. The number of halogens is 2. The lowest BCUT2D eigenvalue weighted by Gasteiger charge is -2.17. The minimum absolute atomic E-state index is 0.0446. The maximum absolute atomic E-state index is 13.5. The number of benzene rings is 2. The highest BCUT2D eigenvalue weighted by atomic mass is 35.5. The van der Waals surface area contributed by atoms with Gasteiger partial charge < -0.3 is 19.7 Å². The van der Waals surface area contributed by atoms with Gasteiger partial charge >= 0.3 is 0 Å². The minimum atomic E-state index is -0.468. The molecule has 2 aromatic carbocycles. The van der Waals surface area contributed by atoms with E-state index in [-0.39, 0.29) is 5.02 Å². The van der Waals surface area contributed by atoms with Crippen molar-refractivity contribution in [2.45, 2.75) is 53.4 Å². The van der Waals surface area contributed by atoms with Gasteiger partial charge in [0.25, 0.3) is 0 Å². The molecule has 0 radical (unpaired) electrons. The van der Waals surface area contributed by atoms with E-state index in [4.69, 9.17) is 21.1 Å². The third-order valence-corrected chi connectivity index (χ3v) is 7.04. The number of fused-ring (bicyclic) bond motifs is 1. The summed E-state index contributed by atoms with van der Waals surface area (Å²) in [5.74, 6) is 2.97. The number of likely N-dealkylation sites (tertiary alicyclic amines) is 1. The number of unbranched alkanes of at least 4 members (excludes halogenated alkanes) is 1. The largest absolute Gasteiger partial charge is 0.493 e. The maximum Gasteiger partial charge on any atom is 0.162 e. The molecule has 0 bridgehead atoms. The first-order chi connectivity index (χ1) is 18.0. The lowest BCUT2D eigenvalue weighted by Crippen LogP contribution is -2.23. The van der Waals surface area contributed by atoms with Crippen LogP contribution in [0.3, 0.4) is 0 Å². The van der Waals surface area contributed by atoms with Crippen molar-refractivity contribution < 1.29 is 13.9 Å². The number of hydrogen-bond acceptors (Lipinski definition) is 6. The van der Waals surface area contributed by atoms with Gasteiger partial charge in [0.2, 0.25) is 0 Å². The van der Waals surface area contributed by atoms with Crippen molar-refractivity contribution in [3.63, 3.8) is 0 Å². The molecule has 1 aliphatic heterocycles. The summed E-state index contributed by atoms with van der Waals surface area (Å²) in [7, 11) is 1.62. The van der Waals surface area contributed by atoms with Crippen LogP contribution in [0.25, 0.3) is 10.9 Å². The molecule has 8 heteroatoms. The van der Waals surface area contributed by atoms with Crippen molar-refractivity contribution in [1.29, 1.82) is 0 Å². The van der Waals surface area contributed by atoms with Crippen LogP contribution in [-0.2, 0) is 0 Å². The average molecular weight is 531 g/mol. The number of ether oxygens (including phenoxy) is 2. The Bertz CT molecular complexity index is 1150. The lowest BCUT2D eigenvalue weighted by molar-refractivity contribution is 0.249.